The smallest absolute Gasteiger partial charge is 0.134 e. The number of hydrogen-bond acceptors (Lipinski definition) is 4. The Morgan fingerprint density at radius 1 is 1.14 bits per heavy atom. The van der Waals surface area contributed by atoms with Crippen molar-refractivity contribution in [2.75, 3.05) is 0 Å². The van der Waals surface area contributed by atoms with E-state index in [-0.39, 0.29) is 6.04 Å². The molecule has 0 aliphatic carbocycles. The zero-order valence-electron chi connectivity index (χ0n) is 13.1. The van der Waals surface area contributed by atoms with E-state index in [0.29, 0.717) is 6.54 Å². The summed E-state index contributed by atoms with van der Waals surface area (Å²) in [6.45, 7) is 6.93. The first-order valence-electron chi connectivity index (χ1n) is 7.43. The standard InChI is InChI=1S/C18H20N2OS/c1-12-4-6-15(7-5-12)17-9-8-16(21-17)10-19-14(3)18-20-13(2)11-22-18/h4-9,11,14,19H,10H2,1-3H3. The zero-order chi connectivity index (χ0) is 15.5. The van der Waals surface area contributed by atoms with Crippen LogP contribution in [0.3, 0.4) is 0 Å². The maximum Gasteiger partial charge on any atom is 0.134 e. The molecular weight excluding hydrogens is 292 g/mol. The molecule has 114 valence electrons. The highest BCUT2D eigenvalue weighted by Gasteiger charge is 2.10. The highest BCUT2D eigenvalue weighted by molar-refractivity contribution is 7.09. The molecule has 0 amide bonds. The molecule has 3 aromatic rings. The quantitative estimate of drug-likeness (QED) is 0.730. The van der Waals surface area contributed by atoms with E-state index in [0.717, 1.165) is 27.8 Å². The summed E-state index contributed by atoms with van der Waals surface area (Å²) in [5, 5.41) is 6.65. The van der Waals surface area contributed by atoms with Gasteiger partial charge in [-0.15, -0.1) is 11.3 Å². The summed E-state index contributed by atoms with van der Waals surface area (Å²) < 4.78 is 5.92. The van der Waals surface area contributed by atoms with Crippen LogP contribution in [0.25, 0.3) is 11.3 Å². The molecule has 3 rings (SSSR count). The van der Waals surface area contributed by atoms with Gasteiger partial charge in [-0.25, -0.2) is 4.98 Å². The van der Waals surface area contributed by atoms with E-state index in [4.69, 9.17) is 4.42 Å². The number of benzene rings is 1. The number of furan rings is 1. The van der Waals surface area contributed by atoms with Crippen molar-refractivity contribution >= 4 is 11.3 Å². The molecule has 0 spiro atoms. The van der Waals surface area contributed by atoms with Crippen LogP contribution in [0.1, 0.15) is 35.0 Å². The number of aryl methyl sites for hydroxylation is 2. The van der Waals surface area contributed by atoms with Gasteiger partial charge in [-0.2, -0.15) is 0 Å². The number of rotatable bonds is 5. The number of hydrogen-bond donors (Lipinski definition) is 1. The van der Waals surface area contributed by atoms with E-state index in [9.17, 15) is 0 Å². The van der Waals surface area contributed by atoms with Gasteiger partial charge in [0, 0.05) is 16.6 Å². The molecule has 0 saturated carbocycles. The summed E-state index contributed by atoms with van der Waals surface area (Å²) >= 11 is 1.69. The minimum Gasteiger partial charge on any atom is -0.460 e. The maximum atomic E-state index is 5.92. The lowest BCUT2D eigenvalue weighted by Crippen LogP contribution is -2.17. The van der Waals surface area contributed by atoms with Crippen LogP contribution in [0.4, 0.5) is 0 Å². The molecule has 0 radical (unpaired) electrons. The molecule has 4 heteroatoms. The lowest BCUT2D eigenvalue weighted by Gasteiger charge is -2.09. The summed E-state index contributed by atoms with van der Waals surface area (Å²) in [5.41, 5.74) is 3.44. The van der Waals surface area contributed by atoms with Gasteiger partial charge in [0.05, 0.1) is 12.6 Å². The molecular formula is C18H20N2OS. The largest absolute Gasteiger partial charge is 0.460 e. The number of nitrogens with zero attached hydrogens (tertiary/aromatic N) is 1. The first-order chi connectivity index (χ1) is 10.6. The minimum atomic E-state index is 0.228. The third-order valence-corrected chi connectivity index (χ3v) is 4.73. The summed E-state index contributed by atoms with van der Waals surface area (Å²) in [6.07, 6.45) is 0. The summed E-state index contributed by atoms with van der Waals surface area (Å²) in [4.78, 5) is 4.51. The topological polar surface area (TPSA) is 38.1 Å². The molecule has 22 heavy (non-hydrogen) atoms. The van der Waals surface area contributed by atoms with Crippen LogP contribution < -0.4 is 5.32 Å². The van der Waals surface area contributed by atoms with Gasteiger partial charge in [0.25, 0.3) is 0 Å². The van der Waals surface area contributed by atoms with Crippen molar-refractivity contribution < 1.29 is 4.42 Å². The molecule has 1 unspecified atom stereocenters. The van der Waals surface area contributed by atoms with E-state index in [1.54, 1.807) is 11.3 Å². The van der Waals surface area contributed by atoms with Gasteiger partial charge in [-0.05, 0) is 32.9 Å². The second-order valence-corrected chi connectivity index (χ2v) is 6.45. The van der Waals surface area contributed by atoms with Crippen LogP contribution in [-0.4, -0.2) is 4.98 Å². The van der Waals surface area contributed by atoms with Gasteiger partial charge in [0.1, 0.15) is 16.5 Å². The predicted octanol–water partition coefficient (Wildman–Crippen LogP) is 4.87. The molecule has 2 aromatic heterocycles. The Bertz CT molecular complexity index is 743. The van der Waals surface area contributed by atoms with Gasteiger partial charge >= 0.3 is 0 Å². The molecule has 0 aliphatic rings. The molecule has 1 N–H and O–H groups in total. The van der Waals surface area contributed by atoms with Gasteiger partial charge in [0.2, 0.25) is 0 Å². The van der Waals surface area contributed by atoms with Crippen molar-refractivity contribution in [1.29, 1.82) is 0 Å². The fourth-order valence-electron chi connectivity index (χ4n) is 2.26. The normalized spacial score (nSPS) is 12.5. The highest BCUT2D eigenvalue weighted by Crippen LogP contribution is 2.23. The van der Waals surface area contributed by atoms with Crippen LogP contribution in [-0.2, 0) is 6.54 Å². The van der Waals surface area contributed by atoms with Gasteiger partial charge < -0.3 is 9.73 Å². The maximum absolute atomic E-state index is 5.92. The first kappa shape index (κ1) is 15.0. The molecule has 2 heterocycles. The Morgan fingerprint density at radius 2 is 1.91 bits per heavy atom. The average Bonchev–Trinajstić information content (AvgIpc) is 3.15. The van der Waals surface area contributed by atoms with Crippen molar-refractivity contribution in [1.82, 2.24) is 10.3 Å². The Kier molecular flexibility index (Phi) is 4.41. The molecule has 3 nitrogen and oxygen atoms in total. The summed E-state index contributed by atoms with van der Waals surface area (Å²) in [5.74, 6) is 1.85. The molecule has 0 bridgehead atoms. The number of nitrogens with one attached hydrogen (secondary N) is 1. The van der Waals surface area contributed by atoms with E-state index in [1.807, 2.05) is 19.1 Å². The zero-order valence-corrected chi connectivity index (χ0v) is 13.9. The fourth-order valence-corrected chi connectivity index (χ4v) is 3.09. The predicted molar refractivity (Wildman–Crippen MR) is 91.0 cm³/mol. The van der Waals surface area contributed by atoms with E-state index in [1.165, 1.54) is 5.56 Å². The second kappa shape index (κ2) is 6.46. The van der Waals surface area contributed by atoms with Crippen LogP contribution >= 0.6 is 11.3 Å². The van der Waals surface area contributed by atoms with Crippen LogP contribution in [0.2, 0.25) is 0 Å². The third-order valence-electron chi connectivity index (χ3n) is 3.59. The van der Waals surface area contributed by atoms with Crippen molar-refractivity contribution in [3.05, 3.63) is 63.8 Å². The Balaban J connectivity index is 1.63. The fraction of sp³-hybridized carbons (Fsp3) is 0.278. The number of aromatic nitrogens is 1. The SMILES string of the molecule is Cc1ccc(-c2ccc(CNC(C)c3nc(C)cs3)o2)cc1. The monoisotopic (exact) mass is 312 g/mol. The van der Waals surface area contributed by atoms with Gasteiger partial charge in [-0.1, -0.05) is 29.8 Å². The van der Waals surface area contributed by atoms with Crippen molar-refractivity contribution in [3.63, 3.8) is 0 Å². The van der Waals surface area contributed by atoms with Gasteiger partial charge in [-0.3, -0.25) is 0 Å². The summed E-state index contributed by atoms with van der Waals surface area (Å²) in [6, 6.07) is 12.7. The second-order valence-electron chi connectivity index (χ2n) is 5.56. The van der Waals surface area contributed by atoms with E-state index >= 15 is 0 Å². The van der Waals surface area contributed by atoms with Crippen LogP contribution in [0, 0.1) is 13.8 Å². The molecule has 0 fully saturated rings. The van der Waals surface area contributed by atoms with Crippen molar-refractivity contribution in [2.24, 2.45) is 0 Å². The molecule has 1 atom stereocenters. The number of thiazole rings is 1. The van der Waals surface area contributed by atoms with Crippen molar-refractivity contribution in [2.45, 2.75) is 33.4 Å². The molecule has 0 saturated heterocycles. The van der Waals surface area contributed by atoms with Gasteiger partial charge in [0.15, 0.2) is 0 Å². The Hall–Kier alpha value is -1.91. The van der Waals surface area contributed by atoms with Crippen molar-refractivity contribution in [3.8, 4) is 11.3 Å². The lowest BCUT2D eigenvalue weighted by atomic mass is 10.1. The Morgan fingerprint density at radius 3 is 2.59 bits per heavy atom. The first-order valence-corrected chi connectivity index (χ1v) is 8.31. The van der Waals surface area contributed by atoms with E-state index < -0.39 is 0 Å². The molecule has 0 aliphatic heterocycles. The summed E-state index contributed by atoms with van der Waals surface area (Å²) in [7, 11) is 0. The van der Waals surface area contributed by atoms with Crippen LogP contribution in [0.15, 0.2) is 46.2 Å². The third kappa shape index (κ3) is 3.46. The Labute approximate surface area is 135 Å². The highest BCUT2D eigenvalue weighted by atomic mass is 32.1. The molecule has 1 aromatic carbocycles. The average molecular weight is 312 g/mol. The minimum absolute atomic E-state index is 0.228. The van der Waals surface area contributed by atoms with E-state index in [2.05, 4.69) is 53.8 Å². The van der Waals surface area contributed by atoms with Crippen LogP contribution in [0.5, 0.6) is 0 Å². The lowest BCUT2D eigenvalue weighted by molar-refractivity contribution is 0.467.